The van der Waals surface area contributed by atoms with E-state index in [1.165, 1.54) is 11.8 Å². The van der Waals surface area contributed by atoms with E-state index >= 15 is 0 Å². The van der Waals surface area contributed by atoms with Crippen molar-refractivity contribution in [2.45, 2.75) is 5.16 Å². The van der Waals surface area contributed by atoms with Gasteiger partial charge in [0.15, 0.2) is 11.5 Å². The lowest BCUT2D eigenvalue weighted by molar-refractivity contribution is 0.172. The maximum Gasteiger partial charge on any atom is 0.253 e. The molecule has 0 aliphatic carbocycles. The molecule has 4 rings (SSSR count). The van der Waals surface area contributed by atoms with E-state index in [0.29, 0.717) is 56.9 Å². The Hall–Kier alpha value is -1.70. The molecular weight excluding hydrogens is 359 g/mol. The van der Waals surface area contributed by atoms with E-state index in [9.17, 15) is 0 Å². The number of nitrogens with zero attached hydrogens (tertiary/aromatic N) is 4. The van der Waals surface area contributed by atoms with Gasteiger partial charge in [0.2, 0.25) is 5.16 Å². The minimum absolute atomic E-state index is 0.373. The molecule has 9 heteroatoms. The first-order valence-electron chi connectivity index (χ1n) is 6.73. The molecule has 23 heavy (non-hydrogen) atoms. The molecule has 118 valence electrons. The monoisotopic (exact) mass is 368 g/mol. The number of fused-ring (bicyclic) bond motifs is 2. The number of aromatic nitrogens is 4. The topological polar surface area (TPSA) is 61.5 Å². The van der Waals surface area contributed by atoms with Crippen LogP contribution in [-0.4, -0.2) is 39.1 Å². The van der Waals surface area contributed by atoms with Gasteiger partial charge in [0.05, 0.1) is 21.3 Å². The van der Waals surface area contributed by atoms with Crippen LogP contribution in [0.4, 0.5) is 0 Å². The van der Waals surface area contributed by atoms with Crippen LogP contribution < -0.4 is 9.47 Å². The standard InChI is InChI=1S/C14H10Cl2N4O2S/c1-23-14-18-13-17-8(2-3-20(13)19-14)10-11(16)7(15)6-9-12(10)22-5-4-21-9/h2-3,6H,4-5H2,1H3. The van der Waals surface area contributed by atoms with Crippen LogP contribution in [0.1, 0.15) is 0 Å². The minimum atomic E-state index is 0.373. The van der Waals surface area contributed by atoms with Crippen LogP contribution >= 0.6 is 35.0 Å². The van der Waals surface area contributed by atoms with Crippen molar-refractivity contribution in [2.75, 3.05) is 19.5 Å². The molecule has 0 fully saturated rings. The Morgan fingerprint density at radius 3 is 2.87 bits per heavy atom. The lowest BCUT2D eigenvalue weighted by atomic mass is 10.1. The SMILES string of the molecule is CSc1nc2nc(-c3c(Cl)c(Cl)cc4c3OCCO4)ccn2n1. The first kappa shape index (κ1) is 14.9. The fraction of sp³-hybridized carbons (Fsp3) is 0.214. The second-order valence-electron chi connectivity index (χ2n) is 4.73. The summed E-state index contributed by atoms with van der Waals surface area (Å²) < 4.78 is 12.9. The number of halogens is 2. The minimum Gasteiger partial charge on any atom is -0.486 e. The summed E-state index contributed by atoms with van der Waals surface area (Å²) in [6, 6.07) is 3.45. The molecule has 0 spiro atoms. The zero-order valence-corrected chi connectivity index (χ0v) is 14.2. The third-order valence-electron chi connectivity index (χ3n) is 3.35. The van der Waals surface area contributed by atoms with E-state index in [1.54, 1.807) is 22.8 Å². The molecule has 6 nitrogen and oxygen atoms in total. The second kappa shape index (κ2) is 5.74. The van der Waals surface area contributed by atoms with E-state index in [-0.39, 0.29) is 0 Å². The Morgan fingerprint density at radius 1 is 1.22 bits per heavy atom. The first-order chi connectivity index (χ1) is 11.2. The van der Waals surface area contributed by atoms with Crippen LogP contribution in [0.2, 0.25) is 10.0 Å². The highest BCUT2D eigenvalue weighted by Crippen LogP contribution is 2.47. The van der Waals surface area contributed by atoms with Gasteiger partial charge in [0.25, 0.3) is 5.78 Å². The van der Waals surface area contributed by atoms with Gasteiger partial charge in [0.1, 0.15) is 13.2 Å². The molecule has 0 saturated heterocycles. The average molecular weight is 369 g/mol. The number of benzene rings is 1. The number of rotatable bonds is 2. The molecule has 0 amide bonds. The Bertz CT molecular complexity index is 915. The van der Waals surface area contributed by atoms with Gasteiger partial charge in [-0.2, -0.15) is 4.98 Å². The molecule has 0 bridgehead atoms. The Morgan fingerprint density at radius 2 is 2.04 bits per heavy atom. The molecule has 1 aliphatic heterocycles. The highest BCUT2D eigenvalue weighted by Gasteiger charge is 2.24. The maximum absolute atomic E-state index is 6.39. The molecule has 0 saturated carbocycles. The van der Waals surface area contributed by atoms with E-state index in [0.717, 1.165) is 0 Å². The molecule has 1 aliphatic rings. The van der Waals surface area contributed by atoms with Crippen molar-refractivity contribution < 1.29 is 9.47 Å². The van der Waals surface area contributed by atoms with Crippen molar-refractivity contribution in [2.24, 2.45) is 0 Å². The number of hydrogen-bond acceptors (Lipinski definition) is 6. The summed E-state index contributed by atoms with van der Waals surface area (Å²) in [5, 5.41) is 5.69. The summed E-state index contributed by atoms with van der Waals surface area (Å²) >= 11 is 14.1. The van der Waals surface area contributed by atoms with Gasteiger partial charge < -0.3 is 9.47 Å². The van der Waals surface area contributed by atoms with Gasteiger partial charge in [0, 0.05) is 12.3 Å². The molecule has 3 aromatic rings. The fourth-order valence-electron chi connectivity index (χ4n) is 2.35. The van der Waals surface area contributed by atoms with Gasteiger partial charge in [-0.25, -0.2) is 9.50 Å². The predicted octanol–water partition coefficient (Wildman–Crippen LogP) is 3.59. The van der Waals surface area contributed by atoms with Crippen molar-refractivity contribution in [3.8, 4) is 22.8 Å². The zero-order valence-electron chi connectivity index (χ0n) is 11.9. The molecular formula is C14H10Cl2N4O2S. The molecule has 2 aromatic heterocycles. The third-order valence-corrected chi connectivity index (χ3v) is 4.68. The largest absolute Gasteiger partial charge is 0.486 e. The van der Waals surface area contributed by atoms with Crippen LogP contribution in [-0.2, 0) is 0 Å². The molecule has 0 radical (unpaired) electrons. The Kier molecular flexibility index (Phi) is 3.71. The average Bonchev–Trinajstić information content (AvgIpc) is 2.98. The summed E-state index contributed by atoms with van der Waals surface area (Å²) in [5.41, 5.74) is 1.21. The van der Waals surface area contributed by atoms with Crippen LogP contribution in [0.3, 0.4) is 0 Å². The zero-order chi connectivity index (χ0) is 16.0. The third kappa shape index (κ3) is 2.49. The highest BCUT2D eigenvalue weighted by atomic mass is 35.5. The van der Waals surface area contributed by atoms with Crippen LogP contribution in [0.5, 0.6) is 11.5 Å². The van der Waals surface area contributed by atoms with Gasteiger partial charge in [-0.05, 0) is 12.3 Å². The summed E-state index contributed by atoms with van der Waals surface area (Å²) in [4.78, 5) is 8.86. The lowest BCUT2D eigenvalue weighted by Gasteiger charge is -2.22. The second-order valence-corrected chi connectivity index (χ2v) is 6.29. The van der Waals surface area contributed by atoms with Crippen LogP contribution in [0.15, 0.2) is 23.5 Å². The van der Waals surface area contributed by atoms with Crippen molar-refractivity contribution in [1.82, 2.24) is 19.6 Å². The van der Waals surface area contributed by atoms with Crippen molar-refractivity contribution in [3.63, 3.8) is 0 Å². The van der Waals surface area contributed by atoms with Gasteiger partial charge >= 0.3 is 0 Å². The van der Waals surface area contributed by atoms with Crippen molar-refractivity contribution in [3.05, 3.63) is 28.4 Å². The smallest absolute Gasteiger partial charge is 0.253 e. The summed E-state index contributed by atoms with van der Waals surface area (Å²) in [5.74, 6) is 1.59. The molecule has 0 atom stereocenters. The normalized spacial score (nSPS) is 13.5. The Labute approximate surface area is 145 Å². The molecule has 0 unspecified atom stereocenters. The number of ether oxygens (including phenoxy) is 2. The first-order valence-corrected chi connectivity index (χ1v) is 8.71. The maximum atomic E-state index is 6.39. The number of thioether (sulfide) groups is 1. The van der Waals surface area contributed by atoms with E-state index in [4.69, 9.17) is 32.7 Å². The van der Waals surface area contributed by atoms with E-state index in [1.807, 2.05) is 6.26 Å². The van der Waals surface area contributed by atoms with Crippen molar-refractivity contribution >= 4 is 40.7 Å². The van der Waals surface area contributed by atoms with E-state index < -0.39 is 0 Å². The molecule has 1 aromatic carbocycles. The summed E-state index contributed by atoms with van der Waals surface area (Å²) in [6.45, 7) is 0.917. The molecule has 0 N–H and O–H groups in total. The van der Waals surface area contributed by atoms with Crippen LogP contribution in [0, 0.1) is 0 Å². The highest BCUT2D eigenvalue weighted by molar-refractivity contribution is 7.98. The van der Waals surface area contributed by atoms with Crippen LogP contribution in [0.25, 0.3) is 17.0 Å². The molecule has 3 heterocycles. The number of hydrogen-bond donors (Lipinski definition) is 0. The Balaban J connectivity index is 1.94. The van der Waals surface area contributed by atoms with Gasteiger partial charge in [-0.15, -0.1) is 5.10 Å². The van der Waals surface area contributed by atoms with Crippen molar-refractivity contribution in [1.29, 1.82) is 0 Å². The summed E-state index contributed by atoms with van der Waals surface area (Å²) in [7, 11) is 0. The van der Waals surface area contributed by atoms with Gasteiger partial charge in [-0.1, -0.05) is 35.0 Å². The van der Waals surface area contributed by atoms with E-state index in [2.05, 4.69) is 15.1 Å². The van der Waals surface area contributed by atoms with Gasteiger partial charge in [-0.3, -0.25) is 0 Å². The lowest BCUT2D eigenvalue weighted by Crippen LogP contribution is -2.16. The predicted molar refractivity (Wildman–Crippen MR) is 89.0 cm³/mol. The fourth-order valence-corrected chi connectivity index (χ4v) is 3.12. The summed E-state index contributed by atoms with van der Waals surface area (Å²) in [6.07, 6.45) is 3.68. The quantitative estimate of drug-likeness (QED) is 0.644.